The molecule has 4 aliphatic rings. The highest BCUT2D eigenvalue weighted by Gasteiger charge is 2.67. The van der Waals surface area contributed by atoms with Crippen molar-refractivity contribution >= 4 is 17.3 Å². The average Bonchev–Trinajstić information content (AvgIpc) is 3.00. The van der Waals surface area contributed by atoms with E-state index in [9.17, 15) is 14.4 Å². The van der Waals surface area contributed by atoms with Gasteiger partial charge in [0, 0.05) is 36.5 Å². The SMILES string of the molecule is CC1(C)C2CCC1(CC(=O)CC13CCC(CC1=O)C3(C)C)C(=O)C2. The summed E-state index contributed by atoms with van der Waals surface area (Å²) in [7, 11) is 0. The van der Waals surface area contributed by atoms with E-state index in [1.54, 1.807) is 0 Å². The zero-order chi connectivity index (χ0) is 17.5. The van der Waals surface area contributed by atoms with Crippen LogP contribution in [0.5, 0.6) is 0 Å². The normalized spacial score (nSPS) is 44.5. The molecule has 0 amide bonds. The highest BCUT2D eigenvalue weighted by atomic mass is 16.1. The molecular weight excluding hydrogens is 300 g/mol. The van der Waals surface area contributed by atoms with Crippen LogP contribution in [0, 0.1) is 33.5 Å². The summed E-state index contributed by atoms with van der Waals surface area (Å²) < 4.78 is 0. The van der Waals surface area contributed by atoms with E-state index in [1.165, 1.54) is 0 Å². The van der Waals surface area contributed by atoms with E-state index in [2.05, 4.69) is 27.7 Å². The van der Waals surface area contributed by atoms with Crippen LogP contribution in [0.4, 0.5) is 0 Å². The Hall–Kier alpha value is -0.990. The minimum atomic E-state index is -0.449. The lowest BCUT2D eigenvalue weighted by Gasteiger charge is -2.39. The van der Waals surface area contributed by atoms with Crippen LogP contribution < -0.4 is 0 Å². The van der Waals surface area contributed by atoms with E-state index in [1.807, 2.05) is 0 Å². The molecule has 4 bridgehead atoms. The summed E-state index contributed by atoms with van der Waals surface area (Å²) in [6.07, 6.45) is 5.91. The van der Waals surface area contributed by atoms with Gasteiger partial charge in [-0.05, 0) is 48.3 Å². The maximum absolute atomic E-state index is 13.1. The topological polar surface area (TPSA) is 51.2 Å². The van der Waals surface area contributed by atoms with Gasteiger partial charge in [0.2, 0.25) is 0 Å². The van der Waals surface area contributed by atoms with Gasteiger partial charge < -0.3 is 0 Å². The van der Waals surface area contributed by atoms with Crippen LogP contribution in [0.15, 0.2) is 0 Å². The number of carbonyl (C=O) groups excluding carboxylic acids is 3. The predicted molar refractivity (Wildman–Crippen MR) is 91.4 cm³/mol. The van der Waals surface area contributed by atoms with Gasteiger partial charge in [-0.3, -0.25) is 14.4 Å². The number of Topliss-reactive ketones (excluding diaryl/α,β-unsaturated/α-hetero) is 3. The molecule has 3 nitrogen and oxygen atoms in total. The summed E-state index contributed by atoms with van der Waals surface area (Å²) in [6, 6.07) is 0. The van der Waals surface area contributed by atoms with E-state index in [4.69, 9.17) is 0 Å². The summed E-state index contributed by atoms with van der Waals surface area (Å²) in [5.74, 6) is 1.64. The predicted octanol–water partition coefficient (Wildman–Crippen LogP) is 4.13. The number of rotatable bonds is 4. The maximum atomic E-state index is 13.1. The fourth-order valence-corrected chi connectivity index (χ4v) is 7.10. The van der Waals surface area contributed by atoms with E-state index in [0.29, 0.717) is 49.1 Å². The molecule has 4 rings (SSSR count). The van der Waals surface area contributed by atoms with Crippen molar-refractivity contribution in [1.82, 2.24) is 0 Å². The van der Waals surface area contributed by atoms with Crippen molar-refractivity contribution in [3.05, 3.63) is 0 Å². The van der Waals surface area contributed by atoms with Crippen LogP contribution in [0.1, 0.15) is 79.1 Å². The number of carbonyl (C=O) groups is 3. The highest BCUT2D eigenvalue weighted by Crippen LogP contribution is 2.68. The first-order valence-electron chi connectivity index (χ1n) is 9.65. The summed E-state index contributed by atoms with van der Waals surface area (Å²) in [4.78, 5) is 38.4. The Morgan fingerprint density at radius 2 is 1.21 bits per heavy atom. The molecule has 0 N–H and O–H groups in total. The molecule has 4 saturated carbocycles. The van der Waals surface area contributed by atoms with Crippen molar-refractivity contribution in [2.45, 2.75) is 79.1 Å². The Labute approximate surface area is 144 Å². The maximum Gasteiger partial charge on any atom is 0.140 e. The second-order valence-corrected chi connectivity index (χ2v) is 10.2. The van der Waals surface area contributed by atoms with Gasteiger partial charge in [-0.25, -0.2) is 0 Å². The van der Waals surface area contributed by atoms with E-state index in [-0.39, 0.29) is 16.6 Å². The molecule has 0 heterocycles. The van der Waals surface area contributed by atoms with Crippen LogP contribution in [0.2, 0.25) is 0 Å². The van der Waals surface area contributed by atoms with Gasteiger partial charge in [0.05, 0.1) is 0 Å². The van der Waals surface area contributed by atoms with Gasteiger partial charge in [-0.1, -0.05) is 27.7 Å². The molecule has 4 unspecified atom stereocenters. The molecule has 4 fully saturated rings. The van der Waals surface area contributed by atoms with Gasteiger partial charge in [0.25, 0.3) is 0 Å². The molecule has 3 heteroatoms. The van der Waals surface area contributed by atoms with Crippen molar-refractivity contribution in [3.63, 3.8) is 0 Å². The molecule has 0 spiro atoms. The fourth-order valence-electron chi connectivity index (χ4n) is 7.10. The van der Waals surface area contributed by atoms with Gasteiger partial charge in [-0.15, -0.1) is 0 Å². The van der Waals surface area contributed by atoms with Crippen molar-refractivity contribution in [2.75, 3.05) is 0 Å². The first-order valence-corrected chi connectivity index (χ1v) is 9.65. The molecule has 4 atom stereocenters. The van der Waals surface area contributed by atoms with Crippen LogP contribution in [-0.2, 0) is 14.4 Å². The molecular formula is C21H30O3. The average molecular weight is 330 g/mol. The lowest BCUT2D eigenvalue weighted by molar-refractivity contribution is -0.140. The number of hydrogen-bond donors (Lipinski definition) is 0. The number of hydrogen-bond acceptors (Lipinski definition) is 3. The summed E-state index contributed by atoms with van der Waals surface area (Å²) in [5.41, 5.74) is -1.03. The molecule has 24 heavy (non-hydrogen) atoms. The van der Waals surface area contributed by atoms with Crippen molar-refractivity contribution < 1.29 is 14.4 Å². The van der Waals surface area contributed by atoms with Gasteiger partial charge in [0.1, 0.15) is 17.3 Å². The zero-order valence-electron chi connectivity index (χ0n) is 15.5. The largest absolute Gasteiger partial charge is 0.300 e. The van der Waals surface area contributed by atoms with Gasteiger partial charge in [0.15, 0.2) is 0 Å². The quantitative estimate of drug-likeness (QED) is 0.779. The zero-order valence-corrected chi connectivity index (χ0v) is 15.5. The molecule has 0 aliphatic heterocycles. The third-order valence-electron chi connectivity index (χ3n) is 9.28. The Balaban J connectivity index is 1.58. The number of ketones is 3. The third kappa shape index (κ3) is 1.67. The minimum Gasteiger partial charge on any atom is -0.300 e. The molecule has 0 aromatic rings. The third-order valence-corrected chi connectivity index (χ3v) is 9.28. The fraction of sp³-hybridized carbons (Fsp3) is 0.857. The van der Waals surface area contributed by atoms with Crippen LogP contribution >= 0.6 is 0 Å². The van der Waals surface area contributed by atoms with Crippen molar-refractivity contribution in [1.29, 1.82) is 0 Å². The lowest BCUT2D eigenvalue weighted by Crippen LogP contribution is -2.42. The summed E-state index contributed by atoms with van der Waals surface area (Å²) in [6.45, 7) is 8.71. The molecule has 0 aromatic heterocycles. The molecule has 0 radical (unpaired) electrons. The second-order valence-electron chi connectivity index (χ2n) is 10.2. The van der Waals surface area contributed by atoms with Crippen LogP contribution in [0.25, 0.3) is 0 Å². The lowest BCUT2D eigenvalue weighted by atomic mass is 9.62. The van der Waals surface area contributed by atoms with E-state index < -0.39 is 10.8 Å². The Morgan fingerprint density at radius 1 is 0.833 bits per heavy atom. The Bertz CT molecular complexity index is 589. The molecule has 4 aliphatic carbocycles. The summed E-state index contributed by atoms with van der Waals surface area (Å²) >= 11 is 0. The number of fused-ring (bicyclic) bond motifs is 4. The van der Waals surface area contributed by atoms with Crippen LogP contribution in [-0.4, -0.2) is 17.3 Å². The van der Waals surface area contributed by atoms with Crippen molar-refractivity contribution in [3.8, 4) is 0 Å². The second kappa shape index (κ2) is 4.59. The van der Waals surface area contributed by atoms with Gasteiger partial charge in [-0.2, -0.15) is 0 Å². The first-order chi connectivity index (χ1) is 11.1. The van der Waals surface area contributed by atoms with E-state index >= 15 is 0 Å². The standard InChI is InChI=1S/C21H30O3/c1-18(2)13-5-7-20(18,16(23)9-13)11-15(22)12-21-8-6-14(10-17(21)24)19(21,3)4/h13-14H,5-12H2,1-4H3. The summed E-state index contributed by atoms with van der Waals surface area (Å²) in [5, 5.41) is 0. The van der Waals surface area contributed by atoms with Gasteiger partial charge >= 0.3 is 0 Å². The van der Waals surface area contributed by atoms with Crippen molar-refractivity contribution in [2.24, 2.45) is 33.5 Å². The Morgan fingerprint density at radius 3 is 1.46 bits per heavy atom. The molecule has 0 saturated heterocycles. The monoisotopic (exact) mass is 330 g/mol. The highest BCUT2D eigenvalue weighted by molar-refractivity contribution is 5.98. The molecule has 132 valence electrons. The smallest absolute Gasteiger partial charge is 0.140 e. The minimum absolute atomic E-state index is 0.0647. The first kappa shape index (κ1) is 16.5. The Kier molecular flexibility index (Phi) is 3.15. The van der Waals surface area contributed by atoms with E-state index in [0.717, 1.165) is 25.7 Å². The molecule has 0 aromatic carbocycles. The van der Waals surface area contributed by atoms with Crippen LogP contribution in [0.3, 0.4) is 0 Å².